The van der Waals surface area contributed by atoms with Crippen LogP contribution in [-0.4, -0.2) is 16.7 Å². The highest BCUT2D eigenvalue weighted by Gasteiger charge is 2.14. The van der Waals surface area contributed by atoms with E-state index in [-0.39, 0.29) is 10.6 Å². The molecule has 0 aliphatic rings. The van der Waals surface area contributed by atoms with Crippen molar-refractivity contribution in [3.05, 3.63) is 33.8 Å². The molecule has 0 saturated heterocycles. The van der Waals surface area contributed by atoms with Gasteiger partial charge in [-0.15, -0.1) is 10.2 Å². The summed E-state index contributed by atoms with van der Waals surface area (Å²) in [4.78, 5) is 0. The molecule has 3 nitrogen and oxygen atoms in total. The number of rotatable bonds is 4. The molecule has 0 unspecified atom stereocenters. The van der Waals surface area contributed by atoms with E-state index in [0.717, 1.165) is 23.6 Å². The van der Waals surface area contributed by atoms with Gasteiger partial charge in [0.1, 0.15) is 16.6 Å². The molecule has 0 amide bonds. The highest BCUT2D eigenvalue weighted by Crippen LogP contribution is 2.30. The molecule has 2 rings (SSSR count). The zero-order valence-corrected chi connectivity index (χ0v) is 10.9. The quantitative estimate of drug-likeness (QED) is 0.880. The van der Waals surface area contributed by atoms with Crippen LogP contribution >= 0.6 is 22.9 Å². The number of nitrogens with two attached hydrogens (primary N) is 1. The molecular formula is C11H10ClF2N3S. The van der Waals surface area contributed by atoms with Crippen LogP contribution in [0.4, 0.5) is 8.78 Å². The summed E-state index contributed by atoms with van der Waals surface area (Å²) < 4.78 is 26.9. The first kappa shape index (κ1) is 13.3. The van der Waals surface area contributed by atoms with Gasteiger partial charge in [-0.1, -0.05) is 22.9 Å². The Bertz CT molecular complexity index is 559. The van der Waals surface area contributed by atoms with Gasteiger partial charge in [0.25, 0.3) is 0 Å². The Labute approximate surface area is 112 Å². The zero-order valence-electron chi connectivity index (χ0n) is 9.29. The third-order valence-corrected chi connectivity index (χ3v) is 3.61. The summed E-state index contributed by atoms with van der Waals surface area (Å²) >= 11 is 6.71. The van der Waals surface area contributed by atoms with E-state index in [0.29, 0.717) is 18.0 Å². The molecule has 0 atom stereocenters. The first-order valence-electron chi connectivity index (χ1n) is 5.29. The maximum Gasteiger partial charge on any atom is 0.150 e. The number of benzene rings is 1. The van der Waals surface area contributed by atoms with Crippen molar-refractivity contribution in [1.82, 2.24) is 10.2 Å². The lowest BCUT2D eigenvalue weighted by Gasteiger charge is -2.00. The molecular weight excluding hydrogens is 280 g/mol. The first-order valence-corrected chi connectivity index (χ1v) is 6.48. The minimum absolute atomic E-state index is 0.0772. The van der Waals surface area contributed by atoms with E-state index in [1.807, 2.05) is 0 Å². The van der Waals surface area contributed by atoms with Crippen molar-refractivity contribution >= 4 is 22.9 Å². The summed E-state index contributed by atoms with van der Waals surface area (Å²) in [6.07, 6.45) is 1.47. The number of aryl methyl sites for hydroxylation is 1. The number of hydrogen-bond donors (Lipinski definition) is 1. The molecule has 2 N–H and O–H groups in total. The van der Waals surface area contributed by atoms with Gasteiger partial charge in [-0.3, -0.25) is 0 Å². The summed E-state index contributed by atoms with van der Waals surface area (Å²) in [5, 5.41) is 8.61. The lowest BCUT2D eigenvalue weighted by Crippen LogP contribution is -1.99. The molecule has 1 aromatic carbocycles. The molecule has 0 aliphatic carbocycles. The van der Waals surface area contributed by atoms with Crippen LogP contribution in [0, 0.1) is 11.6 Å². The van der Waals surface area contributed by atoms with Crippen molar-refractivity contribution in [1.29, 1.82) is 0 Å². The van der Waals surface area contributed by atoms with Gasteiger partial charge in [-0.2, -0.15) is 0 Å². The number of halogens is 3. The minimum Gasteiger partial charge on any atom is -0.330 e. The average Bonchev–Trinajstić information content (AvgIpc) is 2.79. The molecule has 0 aliphatic heterocycles. The van der Waals surface area contributed by atoms with Crippen LogP contribution in [0.1, 0.15) is 11.4 Å². The van der Waals surface area contributed by atoms with Crippen LogP contribution in [0.15, 0.2) is 12.1 Å². The standard InChI is InChI=1S/C11H10ClF2N3S/c12-7-5-8(13)6(4-9(7)14)11-17-16-10(18-11)2-1-3-15/h4-5H,1-3,15H2. The van der Waals surface area contributed by atoms with Gasteiger partial charge in [0.2, 0.25) is 0 Å². The van der Waals surface area contributed by atoms with Crippen molar-refractivity contribution in [2.75, 3.05) is 6.54 Å². The summed E-state index contributed by atoms with van der Waals surface area (Å²) in [6.45, 7) is 0.554. The molecule has 0 radical (unpaired) electrons. The predicted octanol–water partition coefficient (Wildman–Crippen LogP) is 3.03. The van der Waals surface area contributed by atoms with Crippen molar-refractivity contribution < 1.29 is 8.78 Å². The van der Waals surface area contributed by atoms with E-state index in [4.69, 9.17) is 17.3 Å². The van der Waals surface area contributed by atoms with Gasteiger partial charge in [0, 0.05) is 6.42 Å². The Kier molecular flexibility index (Phi) is 4.21. The molecule has 2 aromatic rings. The molecule has 0 saturated carbocycles. The van der Waals surface area contributed by atoms with E-state index in [9.17, 15) is 8.78 Å². The highest BCUT2D eigenvalue weighted by atomic mass is 35.5. The van der Waals surface area contributed by atoms with Crippen LogP contribution in [0.5, 0.6) is 0 Å². The smallest absolute Gasteiger partial charge is 0.150 e. The maximum absolute atomic E-state index is 13.6. The predicted molar refractivity (Wildman–Crippen MR) is 67.6 cm³/mol. The first-order chi connectivity index (χ1) is 8.61. The highest BCUT2D eigenvalue weighted by molar-refractivity contribution is 7.14. The van der Waals surface area contributed by atoms with Crippen molar-refractivity contribution in [2.24, 2.45) is 5.73 Å². The molecule has 1 aromatic heterocycles. The van der Waals surface area contributed by atoms with Crippen molar-refractivity contribution in [3.8, 4) is 10.6 Å². The summed E-state index contributed by atoms with van der Waals surface area (Å²) in [7, 11) is 0. The number of nitrogens with zero attached hydrogens (tertiary/aromatic N) is 2. The van der Waals surface area contributed by atoms with Crippen LogP contribution in [-0.2, 0) is 6.42 Å². The Hall–Kier alpha value is -1.11. The zero-order chi connectivity index (χ0) is 13.1. The van der Waals surface area contributed by atoms with Crippen LogP contribution in [0.3, 0.4) is 0 Å². The molecule has 96 valence electrons. The number of hydrogen-bond acceptors (Lipinski definition) is 4. The second kappa shape index (κ2) is 5.69. The van der Waals surface area contributed by atoms with Crippen LogP contribution in [0.25, 0.3) is 10.6 Å². The molecule has 1 heterocycles. The van der Waals surface area contributed by atoms with Crippen molar-refractivity contribution in [3.63, 3.8) is 0 Å². The molecule has 0 bridgehead atoms. The fraction of sp³-hybridized carbons (Fsp3) is 0.273. The fourth-order valence-electron chi connectivity index (χ4n) is 1.40. The third kappa shape index (κ3) is 2.82. The Morgan fingerprint density at radius 3 is 2.72 bits per heavy atom. The van der Waals surface area contributed by atoms with Gasteiger partial charge in [0.15, 0.2) is 5.01 Å². The summed E-state index contributed by atoms with van der Waals surface area (Å²) in [5.74, 6) is -1.28. The van der Waals surface area contributed by atoms with Gasteiger partial charge in [-0.05, 0) is 25.1 Å². The van der Waals surface area contributed by atoms with Gasteiger partial charge >= 0.3 is 0 Å². The fourth-order valence-corrected chi connectivity index (χ4v) is 2.45. The second-order valence-corrected chi connectivity index (χ2v) is 5.11. The lowest BCUT2D eigenvalue weighted by molar-refractivity contribution is 0.603. The summed E-state index contributed by atoms with van der Waals surface area (Å²) in [6, 6.07) is 1.97. The van der Waals surface area contributed by atoms with Crippen LogP contribution in [0.2, 0.25) is 5.02 Å². The van der Waals surface area contributed by atoms with E-state index in [2.05, 4.69) is 10.2 Å². The number of aromatic nitrogens is 2. The normalized spacial score (nSPS) is 10.9. The topological polar surface area (TPSA) is 51.8 Å². The Morgan fingerprint density at radius 2 is 2.00 bits per heavy atom. The largest absolute Gasteiger partial charge is 0.330 e. The summed E-state index contributed by atoms with van der Waals surface area (Å²) in [5.41, 5.74) is 5.46. The average molecular weight is 290 g/mol. The molecule has 7 heteroatoms. The van der Waals surface area contributed by atoms with E-state index in [1.54, 1.807) is 0 Å². The van der Waals surface area contributed by atoms with Crippen LogP contribution < -0.4 is 5.73 Å². The van der Waals surface area contributed by atoms with Gasteiger partial charge in [-0.25, -0.2) is 8.78 Å². The minimum atomic E-state index is -0.674. The van der Waals surface area contributed by atoms with E-state index in [1.165, 1.54) is 11.3 Å². The monoisotopic (exact) mass is 289 g/mol. The van der Waals surface area contributed by atoms with E-state index < -0.39 is 11.6 Å². The molecule has 18 heavy (non-hydrogen) atoms. The third-order valence-electron chi connectivity index (χ3n) is 2.30. The maximum atomic E-state index is 13.6. The Balaban J connectivity index is 2.31. The molecule has 0 spiro atoms. The Morgan fingerprint density at radius 1 is 1.22 bits per heavy atom. The molecule has 0 fully saturated rings. The SMILES string of the molecule is NCCCc1nnc(-c2cc(F)c(Cl)cc2F)s1. The lowest BCUT2D eigenvalue weighted by atomic mass is 10.2. The van der Waals surface area contributed by atoms with Gasteiger partial charge < -0.3 is 5.73 Å². The second-order valence-electron chi connectivity index (χ2n) is 3.64. The van der Waals surface area contributed by atoms with E-state index >= 15 is 0 Å². The van der Waals surface area contributed by atoms with Gasteiger partial charge in [0.05, 0.1) is 10.6 Å². The van der Waals surface area contributed by atoms with Crippen molar-refractivity contribution in [2.45, 2.75) is 12.8 Å².